The Balaban J connectivity index is 2.11. The van der Waals surface area contributed by atoms with Crippen molar-refractivity contribution in [3.05, 3.63) is 35.9 Å². The third-order valence-electron chi connectivity index (χ3n) is 4.52. The summed E-state index contributed by atoms with van der Waals surface area (Å²) < 4.78 is 5.35. The van der Waals surface area contributed by atoms with Crippen LogP contribution in [0.15, 0.2) is 30.3 Å². The number of benzene rings is 1. The summed E-state index contributed by atoms with van der Waals surface area (Å²) in [6, 6.07) is 10.2. The number of nitrogens with zero attached hydrogens (tertiary/aromatic N) is 1. The number of carbonyl (C=O) groups excluding carboxylic acids is 2. The van der Waals surface area contributed by atoms with Gasteiger partial charge in [0, 0.05) is 32.0 Å². The number of likely N-dealkylation sites (tertiary alicyclic amines) is 1. The summed E-state index contributed by atoms with van der Waals surface area (Å²) in [5.41, 5.74) is 0.524. The van der Waals surface area contributed by atoms with Crippen molar-refractivity contribution in [3.63, 3.8) is 0 Å². The molecule has 0 atom stereocenters. The van der Waals surface area contributed by atoms with E-state index >= 15 is 0 Å². The lowest BCUT2D eigenvalue weighted by atomic mass is 9.72. The monoisotopic (exact) mass is 332 g/mol. The summed E-state index contributed by atoms with van der Waals surface area (Å²) in [6.45, 7) is 9.09. The van der Waals surface area contributed by atoms with Crippen LogP contribution in [0.5, 0.6) is 0 Å². The van der Waals surface area contributed by atoms with E-state index in [2.05, 4.69) is 17.4 Å². The molecule has 1 aliphatic heterocycles. The minimum Gasteiger partial charge on any atom is -0.444 e. The number of ether oxygens (including phenoxy) is 1. The van der Waals surface area contributed by atoms with Crippen LogP contribution in [0.25, 0.3) is 0 Å². The van der Waals surface area contributed by atoms with Gasteiger partial charge in [0.1, 0.15) is 5.60 Å². The zero-order valence-electron chi connectivity index (χ0n) is 15.1. The molecule has 24 heavy (non-hydrogen) atoms. The Labute approximate surface area is 144 Å². The van der Waals surface area contributed by atoms with Crippen LogP contribution < -0.4 is 5.32 Å². The van der Waals surface area contributed by atoms with Crippen molar-refractivity contribution in [1.82, 2.24) is 10.2 Å². The van der Waals surface area contributed by atoms with Gasteiger partial charge in [-0.15, -0.1) is 0 Å². The van der Waals surface area contributed by atoms with Crippen molar-refractivity contribution in [2.45, 2.75) is 51.6 Å². The molecule has 0 aliphatic carbocycles. The average Bonchev–Trinajstić information content (AvgIpc) is 2.52. The molecule has 0 aromatic heterocycles. The number of rotatable bonds is 3. The molecule has 1 fully saturated rings. The normalized spacial score (nSPS) is 17.2. The highest BCUT2D eigenvalue weighted by Crippen LogP contribution is 2.35. The molecular formula is C19H28N2O3. The first kappa shape index (κ1) is 18.3. The van der Waals surface area contributed by atoms with Gasteiger partial charge >= 0.3 is 6.09 Å². The lowest BCUT2D eigenvalue weighted by Crippen LogP contribution is -2.50. The van der Waals surface area contributed by atoms with Crippen LogP contribution >= 0.6 is 0 Å². The molecule has 0 spiro atoms. The van der Waals surface area contributed by atoms with Gasteiger partial charge in [0.2, 0.25) is 5.91 Å². The predicted molar refractivity (Wildman–Crippen MR) is 93.8 cm³/mol. The molecule has 5 nitrogen and oxygen atoms in total. The number of hydrogen-bond donors (Lipinski definition) is 1. The maximum atomic E-state index is 12.0. The van der Waals surface area contributed by atoms with Gasteiger partial charge in [0.15, 0.2) is 0 Å². The first-order chi connectivity index (χ1) is 11.2. The second-order valence-corrected chi connectivity index (χ2v) is 7.51. The molecule has 0 radical (unpaired) electrons. The number of piperidine rings is 1. The number of alkyl carbamates (subject to hydrolysis) is 1. The summed E-state index contributed by atoms with van der Waals surface area (Å²) in [7, 11) is 0. The third-order valence-corrected chi connectivity index (χ3v) is 4.52. The van der Waals surface area contributed by atoms with Gasteiger partial charge in [-0.1, -0.05) is 30.3 Å². The molecule has 0 saturated carbocycles. The topological polar surface area (TPSA) is 58.6 Å². The van der Waals surface area contributed by atoms with Crippen LogP contribution in [-0.4, -0.2) is 42.1 Å². The zero-order chi connectivity index (χ0) is 17.8. The van der Waals surface area contributed by atoms with E-state index in [9.17, 15) is 9.59 Å². The second kappa shape index (κ2) is 7.24. The standard InChI is InChI=1S/C19H28N2O3/c1-15(22)21-12-10-19(11-13-21,16-8-6-5-7-9-16)14-20-17(23)24-18(2,3)4/h5-9H,10-14H2,1-4H3,(H,20,23). The highest BCUT2D eigenvalue weighted by Gasteiger charge is 2.37. The number of hydrogen-bond acceptors (Lipinski definition) is 3. The van der Waals surface area contributed by atoms with Gasteiger partial charge < -0.3 is 15.0 Å². The van der Waals surface area contributed by atoms with Crippen molar-refractivity contribution < 1.29 is 14.3 Å². The maximum Gasteiger partial charge on any atom is 0.407 e. The molecule has 0 unspecified atom stereocenters. The molecule has 0 bridgehead atoms. The van der Waals surface area contributed by atoms with Crippen LogP contribution in [0.2, 0.25) is 0 Å². The van der Waals surface area contributed by atoms with E-state index in [-0.39, 0.29) is 11.3 Å². The quantitative estimate of drug-likeness (QED) is 0.925. The molecule has 5 heteroatoms. The summed E-state index contributed by atoms with van der Waals surface area (Å²) in [5.74, 6) is 0.108. The SMILES string of the molecule is CC(=O)N1CCC(CNC(=O)OC(C)(C)C)(c2ccccc2)CC1. The molecule has 132 valence electrons. The molecule has 1 aromatic rings. The van der Waals surface area contributed by atoms with Crippen LogP contribution in [0.4, 0.5) is 4.79 Å². The molecule has 1 saturated heterocycles. The van der Waals surface area contributed by atoms with E-state index in [0.717, 1.165) is 12.8 Å². The van der Waals surface area contributed by atoms with E-state index in [0.29, 0.717) is 19.6 Å². The van der Waals surface area contributed by atoms with E-state index in [4.69, 9.17) is 4.74 Å². The van der Waals surface area contributed by atoms with Crippen LogP contribution in [-0.2, 0) is 14.9 Å². The van der Waals surface area contributed by atoms with Gasteiger partial charge in [-0.2, -0.15) is 0 Å². The van der Waals surface area contributed by atoms with E-state index in [1.54, 1.807) is 6.92 Å². The predicted octanol–water partition coefficient (Wildman–Crippen LogP) is 3.09. The van der Waals surface area contributed by atoms with Crippen molar-refractivity contribution in [3.8, 4) is 0 Å². The molecule has 1 heterocycles. The van der Waals surface area contributed by atoms with Crippen molar-refractivity contribution in [2.75, 3.05) is 19.6 Å². The zero-order valence-corrected chi connectivity index (χ0v) is 15.1. The van der Waals surface area contributed by atoms with Gasteiger partial charge in [-0.3, -0.25) is 4.79 Å². The number of amides is 2. The molecule has 1 aliphatic rings. The summed E-state index contributed by atoms with van der Waals surface area (Å²) in [5, 5.41) is 2.93. The maximum absolute atomic E-state index is 12.0. The third kappa shape index (κ3) is 4.73. The molecule has 1 aromatic carbocycles. The molecule has 1 N–H and O–H groups in total. The minimum absolute atomic E-state index is 0.108. The Morgan fingerprint density at radius 1 is 1.17 bits per heavy atom. The molecule has 2 rings (SSSR count). The number of nitrogens with one attached hydrogen (secondary N) is 1. The largest absolute Gasteiger partial charge is 0.444 e. The van der Waals surface area contributed by atoms with E-state index < -0.39 is 11.7 Å². The van der Waals surface area contributed by atoms with Gasteiger partial charge in [0.25, 0.3) is 0 Å². The van der Waals surface area contributed by atoms with Crippen LogP contribution in [0.3, 0.4) is 0 Å². The molecular weight excluding hydrogens is 304 g/mol. The summed E-state index contributed by atoms with van der Waals surface area (Å²) in [6.07, 6.45) is 1.26. The van der Waals surface area contributed by atoms with Crippen molar-refractivity contribution in [2.24, 2.45) is 0 Å². The first-order valence-corrected chi connectivity index (χ1v) is 8.50. The fourth-order valence-electron chi connectivity index (χ4n) is 3.16. The number of carbonyl (C=O) groups is 2. The average molecular weight is 332 g/mol. The molecule has 2 amide bonds. The Morgan fingerprint density at radius 2 is 1.75 bits per heavy atom. The summed E-state index contributed by atoms with van der Waals surface area (Å²) >= 11 is 0. The van der Waals surface area contributed by atoms with E-state index in [1.807, 2.05) is 43.9 Å². The van der Waals surface area contributed by atoms with E-state index in [1.165, 1.54) is 5.56 Å². The first-order valence-electron chi connectivity index (χ1n) is 8.50. The Morgan fingerprint density at radius 3 is 2.25 bits per heavy atom. The fraction of sp³-hybridized carbons (Fsp3) is 0.579. The Kier molecular flexibility index (Phi) is 5.52. The van der Waals surface area contributed by atoms with Gasteiger partial charge in [-0.25, -0.2) is 4.79 Å². The summed E-state index contributed by atoms with van der Waals surface area (Å²) in [4.78, 5) is 25.5. The highest BCUT2D eigenvalue weighted by molar-refractivity contribution is 5.73. The fourth-order valence-corrected chi connectivity index (χ4v) is 3.16. The smallest absolute Gasteiger partial charge is 0.407 e. The lowest BCUT2D eigenvalue weighted by Gasteiger charge is -2.42. The van der Waals surface area contributed by atoms with Crippen LogP contribution in [0, 0.1) is 0 Å². The van der Waals surface area contributed by atoms with Crippen molar-refractivity contribution >= 4 is 12.0 Å². The Hall–Kier alpha value is -2.04. The van der Waals surface area contributed by atoms with Gasteiger partial charge in [0.05, 0.1) is 0 Å². The highest BCUT2D eigenvalue weighted by atomic mass is 16.6. The van der Waals surface area contributed by atoms with Gasteiger partial charge in [-0.05, 0) is 39.2 Å². The Bertz CT molecular complexity index is 570. The minimum atomic E-state index is -0.512. The van der Waals surface area contributed by atoms with Crippen LogP contribution in [0.1, 0.15) is 46.1 Å². The second-order valence-electron chi connectivity index (χ2n) is 7.51. The lowest BCUT2D eigenvalue weighted by molar-refractivity contribution is -0.130. The van der Waals surface area contributed by atoms with Crippen molar-refractivity contribution in [1.29, 1.82) is 0 Å².